The van der Waals surface area contributed by atoms with Gasteiger partial charge in [-0.2, -0.15) is 0 Å². The van der Waals surface area contributed by atoms with E-state index in [9.17, 15) is 14.4 Å². The second kappa shape index (κ2) is 41.4. The third-order valence-corrected chi connectivity index (χ3v) is 9.34. The van der Waals surface area contributed by atoms with Crippen LogP contribution in [0.1, 0.15) is 220 Å². The molecule has 1 atom stereocenters. The molecule has 0 bridgehead atoms. The molecule has 0 aliphatic rings. The largest absolute Gasteiger partial charge is 0.462 e. The van der Waals surface area contributed by atoms with Gasteiger partial charge < -0.3 is 14.2 Å². The Kier molecular flexibility index (Phi) is 39.5. The fourth-order valence-electron chi connectivity index (χ4n) is 5.94. The molecule has 0 amide bonds. The van der Waals surface area contributed by atoms with E-state index >= 15 is 0 Å². The molecule has 0 spiro atoms. The van der Waals surface area contributed by atoms with E-state index in [4.69, 9.17) is 14.2 Å². The molecule has 6 heteroatoms. The summed E-state index contributed by atoms with van der Waals surface area (Å²) >= 11 is 0. The van der Waals surface area contributed by atoms with Gasteiger partial charge in [0.2, 0.25) is 0 Å². The van der Waals surface area contributed by atoms with Crippen LogP contribution in [-0.2, 0) is 28.6 Å². The highest BCUT2D eigenvalue weighted by atomic mass is 16.6. The van der Waals surface area contributed by atoms with Crippen molar-refractivity contribution in [3.63, 3.8) is 0 Å². The molecule has 0 saturated carbocycles. The molecule has 0 aliphatic carbocycles. The SMILES string of the molecule is CCCC/C=C\CCCCCCC(=O)OCC(COC(=O)CCCCCCC/C=C\CCCCC)OC(=O)CCCCCCC/C=C\CCCCC. The van der Waals surface area contributed by atoms with Crippen molar-refractivity contribution in [3.05, 3.63) is 36.5 Å². The summed E-state index contributed by atoms with van der Waals surface area (Å²) in [6.45, 7) is 6.50. The van der Waals surface area contributed by atoms with E-state index in [1.807, 2.05) is 0 Å². The van der Waals surface area contributed by atoms with Gasteiger partial charge in [0.25, 0.3) is 0 Å². The molecule has 0 radical (unpaired) electrons. The quantitative estimate of drug-likeness (QED) is 0.0271. The molecule has 0 rings (SSSR count). The summed E-state index contributed by atoms with van der Waals surface area (Å²) in [7, 11) is 0. The standard InChI is InChI=1S/C46H82O6/c1-4-7-10-13-16-19-22-24-27-30-33-36-39-45(48)51-42-43(41-50-44(47)38-35-32-29-26-21-18-15-12-9-6-3)52-46(49)40-37-34-31-28-25-23-20-17-14-11-8-5-2/h15-20,43H,4-14,21-42H2,1-3H3/b18-15-,19-16-,20-17-. The van der Waals surface area contributed by atoms with E-state index in [0.717, 1.165) is 96.3 Å². The predicted molar refractivity (Wildman–Crippen MR) is 219 cm³/mol. The molecule has 0 aromatic rings. The summed E-state index contributed by atoms with van der Waals surface area (Å²) in [4.78, 5) is 37.6. The van der Waals surface area contributed by atoms with Crippen molar-refractivity contribution in [1.82, 2.24) is 0 Å². The number of unbranched alkanes of at least 4 members (excludes halogenated alkanes) is 22. The molecule has 6 nitrogen and oxygen atoms in total. The van der Waals surface area contributed by atoms with E-state index in [1.165, 1.54) is 83.5 Å². The topological polar surface area (TPSA) is 78.9 Å². The third-order valence-electron chi connectivity index (χ3n) is 9.34. The molecule has 0 aliphatic heterocycles. The molecule has 0 heterocycles. The Balaban J connectivity index is 4.41. The van der Waals surface area contributed by atoms with Gasteiger partial charge in [0.15, 0.2) is 6.10 Å². The van der Waals surface area contributed by atoms with Crippen LogP contribution >= 0.6 is 0 Å². The Bertz CT molecular complexity index is 891. The van der Waals surface area contributed by atoms with Crippen molar-refractivity contribution in [2.24, 2.45) is 0 Å². The first-order chi connectivity index (χ1) is 25.5. The number of carbonyl (C=O) groups is 3. The minimum Gasteiger partial charge on any atom is -0.462 e. The minimum absolute atomic E-state index is 0.0832. The fourth-order valence-corrected chi connectivity index (χ4v) is 5.94. The van der Waals surface area contributed by atoms with Crippen LogP contribution in [0, 0.1) is 0 Å². The molecular formula is C46H82O6. The number of carbonyl (C=O) groups excluding carboxylic acids is 3. The van der Waals surface area contributed by atoms with Crippen LogP contribution in [0.5, 0.6) is 0 Å². The van der Waals surface area contributed by atoms with Crippen LogP contribution in [0.4, 0.5) is 0 Å². The predicted octanol–water partition coefficient (Wildman–Crippen LogP) is 13.8. The monoisotopic (exact) mass is 731 g/mol. The molecule has 0 N–H and O–H groups in total. The van der Waals surface area contributed by atoms with E-state index < -0.39 is 6.10 Å². The molecule has 0 aromatic heterocycles. The molecule has 302 valence electrons. The van der Waals surface area contributed by atoms with Crippen LogP contribution in [0.3, 0.4) is 0 Å². The maximum absolute atomic E-state index is 12.7. The van der Waals surface area contributed by atoms with E-state index in [1.54, 1.807) is 0 Å². The van der Waals surface area contributed by atoms with Gasteiger partial charge >= 0.3 is 17.9 Å². The number of ether oxygens (including phenoxy) is 3. The molecule has 1 unspecified atom stereocenters. The summed E-state index contributed by atoms with van der Waals surface area (Å²) in [5.41, 5.74) is 0. The first kappa shape index (κ1) is 49.6. The lowest BCUT2D eigenvalue weighted by Gasteiger charge is -2.18. The lowest BCUT2D eigenvalue weighted by molar-refractivity contribution is -0.167. The van der Waals surface area contributed by atoms with Crippen molar-refractivity contribution in [3.8, 4) is 0 Å². The van der Waals surface area contributed by atoms with Gasteiger partial charge in [-0.15, -0.1) is 0 Å². The van der Waals surface area contributed by atoms with Crippen LogP contribution in [0.2, 0.25) is 0 Å². The lowest BCUT2D eigenvalue weighted by atomic mass is 10.1. The highest BCUT2D eigenvalue weighted by Gasteiger charge is 2.19. The number of allylic oxidation sites excluding steroid dienone is 6. The Morgan fingerprint density at radius 2 is 0.654 bits per heavy atom. The summed E-state index contributed by atoms with van der Waals surface area (Å²) in [6.07, 6.45) is 45.5. The molecule has 0 fully saturated rings. The lowest BCUT2D eigenvalue weighted by Crippen LogP contribution is -2.30. The Labute approximate surface area is 321 Å². The van der Waals surface area contributed by atoms with Crippen LogP contribution < -0.4 is 0 Å². The van der Waals surface area contributed by atoms with Crippen molar-refractivity contribution < 1.29 is 28.6 Å². The van der Waals surface area contributed by atoms with Gasteiger partial charge in [0, 0.05) is 19.3 Å². The first-order valence-electron chi connectivity index (χ1n) is 22.0. The molecular weight excluding hydrogens is 648 g/mol. The highest BCUT2D eigenvalue weighted by Crippen LogP contribution is 2.13. The summed E-state index contributed by atoms with van der Waals surface area (Å²) in [6, 6.07) is 0. The average molecular weight is 731 g/mol. The smallest absolute Gasteiger partial charge is 0.306 e. The van der Waals surface area contributed by atoms with Crippen molar-refractivity contribution in [2.75, 3.05) is 13.2 Å². The van der Waals surface area contributed by atoms with Gasteiger partial charge in [-0.1, -0.05) is 147 Å². The molecule has 0 saturated heterocycles. The Hall–Kier alpha value is -2.37. The van der Waals surface area contributed by atoms with Crippen LogP contribution in [0.15, 0.2) is 36.5 Å². The second-order valence-electron chi connectivity index (χ2n) is 14.6. The summed E-state index contributed by atoms with van der Waals surface area (Å²) in [5, 5.41) is 0. The van der Waals surface area contributed by atoms with E-state index in [2.05, 4.69) is 57.2 Å². The second-order valence-corrected chi connectivity index (χ2v) is 14.6. The normalized spacial score (nSPS) is 12.3. The highest BCUT2D eigenvalue weighted by molar-refractivity contribution is 5.71. The van der Waals surface area contributed by atoms with E-state index in [0.29, 0.717) is 19.3 Å². The number of hydrogen-bond donors (Lipinski definition) is 0. The van der Waals surface area contributed by atoms with Crippen molar-refractivity contribution in [1.29, 1.82) is 0 Å². The summed E-state index contributed by atoms with van der Waals surface area (Å²) < 4.78 is 16.6. The van der Waals surface area contributed by atoms with Gasteiger partial charge in [0.1, 0.15) is 13.2 Å². The van der Waals surface area contributed by atoms with Gasteiger partial charge in [-0.3, -0.25) is 14.4 Å². The maximum atomic E-state index is 12.7. The number of esters is 3. The van der Waals surface area contributed by atoms with Crippen LogP contribution in [-0.4, -0.2) is 37.2 Å². The summed E-state index contributed by atoms with van der Waals surface area (Å²) in [5.74, 6) is -0.917. The fraction of sp³-hybridized carbons (Fsp3) is 0.804. The zero-order valence-electron chi connectivity index (χ0n) is 34.3. The maximum Gasteiger partial charge on any atom is 0.306 e. The number of hydrogen-bond acceptors (Lipinski definition) is 6. The van der Waals surface area contributed by atoms with Gasteiger partial charge in [0.05, 0.1) is 0 Å². The van der Waals surface area contributed by atoms with Crippen molar-refractivity contribution >= 4 is 17.9 Å². The van der Waals surface area contributed by atoms with Gasteiger partial charge in [-0.05, 0) is 89.9 Å². The minimum atomic E-state index is -0.779. The van der Waals surface area contributed by atoms with Gasteiger partial charge in [-0.25, -0.2) is 0 Å². The number of rotatable bonds is 39. The molecule has 52 heavy (non-hydrogen) atoms. The molecule has 0 aromatic carbocycles. The van der Waals surface area contributed by atoms with E-state index in [-0.39, 0.29) is 31.1 Å². The zero-order chi connectivity index (χ0) is 38.0. The Morgan fingerprint density at radius 1 is 0.365 bits per heavy atom. The van der Waals surface area contributed by atoms with Crippen molar-refractivity contribution in [2.45, 2.75) is 226 Å². The zero-order valence-corrected chi connectivity index (χ0v) is 34.3. The third kappa shape index (κ3) is 38.9. The first-order valence-corrected chi connectivity index (χ1v) is 22.0. The average Bonchev–Trinajstić information content (AvgIpc) is 3.14. The van der Waals surface area contributed by atoms with Crippen LogP contribution in [0.25, 0.3) is 0 Å². The Morgan fingerprint density at radius 3 is 1.02 bits per heavy atom.